The molecule has 2 aliphatic rings. The standard InChI is InChI=1S/C10H9F3O4/c1-5-6(4-8(15)16-5)9(10(11,12)13)3-2-7(14)17-9/h2-3,5-6H,4H2,1H3/t5-,6+,9-/m1/s1. The fourth-order valence-corrected chi connectivity index (χ4v) is 2.17. The van der Waals surface area contributed by atoms with E-state index in [2.05, 4.69) is 9.47 Å². The van der Waals surface area contributed by atoms with Crippen molar-refractivity contribution in [2.75, 3.05) is 0 Å². The number of carbonyl (C=O) groups is 2. The lowest BCUT2D eigenvalue weighted by Crippen LogP contribution is -2.52. The average Bonchev–Trinajstić information content (AvgIpc) is 2.69. The first-order valence-corrected chi connectivity index (χ1v) is 4.95. The monoisotopic (exact) mass is 250 g/mol. The van der Waals surface area contributed by atoms with Crippen LogP contribution in [0.25, 0.3) is 0 Å². The van der Waals surface area contributed by atoms with Crippen molar-refractivity contribution in [2.24, 2.45) is 5.92 Å². The van der Waals surface area contributed by atoms with Crippen molar-refractivity contribution in [1.82, 2.24) is 0 Å². The quantitative estimate of drug-likeness (QED) is 0.659. The fourth-order valence-electron chi connectivity index (χ4n) is 2.17. The largest absolute Gasteiger partial charge is 0.462 e. The lowest BCUT2D eigenvalue weighted by molar-refractivity contribution is -0.265. The summed E-state index contributed by atoms with van der Waals surface area (Å²) in [4.78, 5) is 21.9. The average molecular weight is 250 g/mol. The SMILES string of the molecule is C[C@H]1OC(=O)C[C@@H]1[C@@]1(C(F)(F)F)C=CC(=O)O1. The molecule has 0 aromatic rings. The molecule has 0 aromatic carbocycles. The topological polar surface area (TPSA) is 52.6 Å². The number of hydrogen-bond donors (Lipinski definition) is 0. The molecule has 4 nitrogen and oxygen atoms in total. The molecule has 0 amide bonds. The maximum atomic E-state index is 13.0. The van der Waals surface area contributed by atoms with E-state index in [9.17, 15) is 22.8 Å². The first kappa shape index (κ1) is 11.9. The number of rotatable bonds is 1. The minimum Gasteiger partial charge on any atom is -0.462 e. The Bertz CT molecular complexity index is 401. The van der Waals surface area contributed by atoms with E-state index in [1.807, 2.05) is 0 Å². The highest BCUT2D eigenvalue weighted by Crippen LogP contribution is 2.48. The van der Waals surface area contributed by atoms with Crippen LogP contribution in [0, 0.1) is 5.92 Å². The summed E-state index contributed by atoms with van der Waals surface area (Å²) < 4.78 is 48.2. The second kappa shape index (κ2) is 3.48. The van der Waals surface area contributed by atoms with Gasteiger partial charge in [-0.1, -0.05) is 0 Å². The van der Waals surface area contributed by atoms with Crippen LogP contribution >= 0.6 is 0 Å². The van der Waals surface area contributed by atoms with Gasteiger partial charge < -0.3 is 9.47 Å². The van der Waals surface area contributed by atoms with Gasteiger partial charge in [-0.3, -0.25) is 4.79 Å². The van der Waals surface area contributed by atoms with E-state index in [1.165, 1.54) is 6.92 Å². The van der Waals surface area contributed by atoms with Crippen molar-refractivity contribution in [3.8, 4) is 0 Å². The second-order valence-corrected chi connectivity index (χ2v) is 4.05. The normalized spacial score (nSPS) is 37.2. The Labute approximate surface area is 94.4 Å². The minimum atomic E-state index is -4.78. The third kappa shape index (κ3) is 1.69. The lowest BCUT2D eigenvalue weighted by atomic mass is 9.82. The van der Waals surface area contributed by atoms with Crippen LogP contribution in [0.4, 0.5) is 13.2 Å². The molecule has 1 fully saturated rings. The third-order valence-electron chi connectivity index (χ3n) is 3.00. The number of ether oxygens (including phenoxy) is 2. The Morgan fingerprint density at radius 1 is 1.41 bits per heavy atom. The van der Waals surface area contributed by atoms with Gasteiger partial charge in [-0.25, -0.2) is 4.79 Å². The predicted molar refractivity (Wildman–Crippen MR) is 47.7 cm³/mol. The molecular weight excluding hydrogens is 241 g/mol. The van der Waals surface area contributed by atoms with E-state index in [0.717, 1.165) is 6.08 Å². The van der Waals surface area contributed by atoms with Crippen molar-refractivity contribution in [3.63, 3.8) is 0 Å². The van der Waals surface area contributed by atoms with E-state index in [-0.39, 0.29) is 0 Å². The summed E-state index contributed by atoms with van der Waals surface area (Å²) in [5.41, 5.74) is -2.74. The fraction of sp³-hybridized carbons (Fsp3) is 0.600. The molecule has 7 heteroatoms. The molecule has 0 bridgehead atoms. The molecule has 94 valence electrons. The summed E-state index contributed by atoms with van der Waals surface area (Å²) in [5, 5.41) is 0. The van der Waals surface area contributed by atoms with Crippen molar-refractivity contribution in [1.29, 1.82) is 0 Å². The molecule has 0 radical (unpaired) electrons. The van der Waals surface area contributed by atoms with Crippen LogP contribution in [0.2, 0.25) is 0 Å². The summed E-state index contributed by atoms with van der Waals surface area (Å²) >= 11 is 0. The summed E-state index contributed by atoms with van der Waals surface area (Å²) in [7, 11) is 0. The van der Waals surface area contributed by atoms with Gasteiger partial charge in [0.15, 0.2) is 0 Å². The zero-order chi connectivity index (χ0) is 12.8. The summed E-state index contributed by atoms with van der Waals surface area (Å²) in [6.45, 7) is 1.35. The van der Waals surface area contributed by atoms with Crippen LogP contribution in [-0.4, -0.2) is 29.8 Å². The van der Waals surface area contributed by atoms with Crippen molar-refractivity contribution in [3.05, 3.63) is 12.2 Å². The summed E-state index contributed by atoms with van der Waals surface area (Å²) in [5.74, 6) is -3.02. The lowest BCUT2D eigenvalue weighted by Gasteiger charge is -2.34. The molecule has 0 spiro atoms. The van der Waals surface area contributed by atoms with Crippen LogP contribution in [-0.2, 0) is 19.1 Å². The maximum Gasteiger partial charge on any atom is 0.432 e. The first-order chi connectivity index (χ1) is 7.76. The Kier molecular flexibility index (Phi) is 2.44. The van der Waals surface area contributed by atoms with Crippen LogP contribution in [0.1, 0.15) is 13.3 Å². The van der Waals surface area contributed by atoms with Gasteiger partial charge >= 0.3 is 18.1 Å². The molecule has 0 saturated carbocycles. The minimum absolute atomic E-state index is 0.418. The van der Waals surface area contributed by atoms with Gasteiger partial charge in [-0.2, -0.15) is 13.2 Å². The highest BCUT2D eigenvalue weighted by Gasteiger charge is 2.66. The van der Waals surface area contributed by atoms with Gasteiger partial charge in [0.2, 0.25) is 5.60 Å². The van der Waals surface area contributed by atoms with Crippen molar-refractivity contribution < 1.29 is 32.2 Å². The molecule has 0 aliphatic carbocycles. The molecule has 3 atom stereocenters. The van der Waals surface area contributed by atoms with Gasteiger partial charge in [0.1, 0.15) is 6.10 Å². The summed E-state index contributed by atoms with van der Waals surface area (Å²) in [6, 6.07) is 0. The molecule has 2 heterocycles. The smallest absolute Gasteiger partial charge is 0.432 e. The Morgan fingerprint density at radius 2 is 2.06 bits per heavy atom. The molecule has 0 unspecified atom stereocenters. The Balaban J connectivity index is 2.39. The molecular formula is C10H9F3O4. The molecule has 0 N–H and O–H groups in total. The van der Waals surface area contributed by atoms with Crippen LogP contribution in [0.3, 0.4) is 0 Å². The van der Waals surface area contributed by atoms with Gasteiger partial charge in [0, 0.05) is 6.08 Å². The van der Waals surface area contributed by atoms with Crippen LogP contribution in [0.5, 0.6) is 0 Å². The maximum absolute atomic E-state index is 13.0. The number of hydrogen-bond acceptors (Lipinski definition) is 4. The number of carbonyl (C=O) groups excluding carboxylic acids is 2. The predicted octanol–water partition coefficient (Wildman–Crippen LogP) is 1.35. The van der Waals surface area contributed by atoms with E-state index in [4.69, 9.17) is 0 Å². The Hall–Kier alpha value is -1.53. The number of esters is 2. The second-order valence-electron chi connectivity index (χ2n) is 4.05. The van der Waals surface area contributed by atoms with Crippen molar-refractivity contribution in [2.45, 2.75) is 31.2 Å². The van der Waals surface area contributed by atoms with E-state index < -0.39 is 42.2 Å². The number of alkyl halides is 3. The third-order valence-corrected chi connectivity index (χ3v) is 3.00. The van der Waals surface area contributed by atoms with Gasteiger partial charge in [0.05, 0.1) is 12.3 Å². The van der Waals surface area contributed by atoms with Crippen LogP contribution < -0.4 is 0 Å². The van der Waals surface area contributed by atoms with E-state index >= 15 is 0 Å². The van der Waals surface area contributed by atoms with Gasteiger partial charge in [0.25, 0.3) is 0 Å². The van der Waals surface area contributed by atoms with Gasteiger partial charge in [-0.05, 0) is 13.0 Å². The molecule has 17 heavy (non-hydrogen) atoms. The van der Waals surface area contributed by atoms with Gasteiger partial charge in [-0.15, -0.1) is 0 Å². The van der Waals surface area contributed by atoms with E-state index in [0.29, 0.717) is 6.08 Å². The highest BCUT2D eigenvalue weighted by molar-refractivity contribution is 5.86. The summed E-state index contributed by atoms with van der Waals surface area (Å²) in [6.07, 6.45) is -4.75. The van der Waals surface area contributed by atoms with E-state index in [1.54, 1.807) is 0 Å². The number of halogens is 3. The zero-order valence-electron chi connectivity index (χ0n) is 8.78. The molecule has 2 rings (SSSR count). The first-order valence-electron chi connectivity index (χ1n) is 4.95. The molecule has 0 aromatic heterocycles. The van der Waals surface area contributed by atoms with Crippen LogP contribution in [0.15, 0.2) is 12.2 Å². The zero-order valence-corrected chi connectivity index (χ0v) is 8.78. The Morgan fingerprint density at radius 3 is 2.41 bits per heavy atom. The molecule has 2 aliphatic heterocycles. The van der Waals surface area contributed by atoms with Crippen molar-refractivity contribution >= 4 is 11.9 Å². The number of cyclic esters (lactones) is 2. The highest BCUT2D eigenvalue weighted by atomic mass is 19.4. The molecule has 1 saturated heterocycles.